The smallest absolute Gasteiger partial charge is 0.494 e. The first-order valence-corrected chi connectivity index (χ1v) is 19.3. The molecule has 3 amide bonds. The predicted molar refractivity (Wildman–Crippen MR) is 231 cm³/mol. The molecule has 0 aromatic heterocycles. The van der Waals surface area contributed by atoms with Crippen LogP contribution in [0.1, 0.15) is 44.4 Å². The number of nitrogens with zero attached hydrogens (tertiary/aromatic N) is 1. The number of ether oxygens (including phenoxy) is 4. The van der Waals surface area contributed by atoms with E-state index in [1.165, 1.54) is 24.3 Å². The molecule has 16 heteroatoms. The fourth-order valence-corrected chi connectivity index (χ4v) is 6.74. The maximum Gasteiger partial charge on any atom is 0.494 e. The number of anilines is 3. The minimum atomic E-state index is -0.738. The second kappa shape index (κ2) is 17.6. The van der Waals surface area contributed by atoms with Gasteiger partial charge in [-0.25, -0.2) is 14.4 Å². The van der Waals surface area contributed by atoms with Crippen LogP contribution in [0.5, 0.6) is 5.75 Å². The van der Waals surface area contributed by atoms with Crippen molar-refractivity contribution in [3.63, 3.8) is 0 Å². The van der Waals surface area contributed by atoms with E-state index in [4.69, 9.17) is 28.3 Å². The Hall–Kier alpha value is -7.17. The fourth-order valence-electron chi connectivity index (χ4n) is 6.74. The van der Waals surface area contributed by atoms with Crippen LogP contribution in [-0.2, 0) is 43.3 Å². The summed E-state index contributed by atoms with van der Waals surface area (Å²) < 4.78 is 34.6. The Kier molecular flexibility index (Phi) is 12.1. The maximum absolute atomic E-state index is 13.1. The molecule has 0 aliphatic carbocycles. The highest BCUT2D eigenvalue weighted by Crippen LogP contribution is 2.37. The van der Waals surface area contributed by atoms with Gasteiger partial charge in [0.25, 0.3) is 5.69 Å². The molecule has 61 heavy (non-hydrogen) atoms. The van der Waals surface area contributed by atoms with Crippen molar-refractivity contribution in [3.05, 3.63) is 142 Å². The number of fused-ring (bicyclic) bond motifs is 2. The molecule has 0 radical (unpaired) electrons. The molecule has 1 heterocycles. The van der Waals surface area contributed by atoms with Gasteiger partial charge in [-0.1, -0.05) is 72.8 Å². The number of amides is 3. The Morgan fingerprint density at radius 2 is 1.05 bits per heavy atom. The molecule has 0 bridgehead atoms. The number of nitrogens with one attached hydrogen (secondary N) is 3. The largest absolute Gasteiger partial charge is 0.496 e. The lowest BCUT2D eigenvalue weighted by atomic mass is 9.78. The van der Waals surface area contributed by atoms with Crippen LogP contribution in [0.3, 0.4) is 0 Å². The average Bonchev–Trinajstić information content (AvgIpc) is 3.47. The third-order valence-corrected chi connectivity index (χ3v) is 10.7. The topological polar surface area (TPSA) is 186 Å². The molecule has 3 N–H and O–H groups in total. The van der Waals surface area contributed by atoms with Crippen LogP contribution in [0.15, 0.2) is 115 Å². The lowest BCUT2D eigenvalue weighted by Crippen LogP contribution is -2.41. The van der Waals surface area contributed by atoms with E-state index in [0.29, 0.717) is 44.9 Å². The van der Waals surface area contributed by atoms with Gasteiger partial charge in [0, 0.05) is 34.2 Å². The van der Waals surface area contributed by atoms with Crippen LogP contribution in [0.4, 0.5) is 37.1 Å². The van der Waals surface area contributed by atoms with Gasteiger partial charge in [0.2, 0.25) is 0 Å². The number of non-ortho nitro benzene ring substituents is 1. The monoisotopic (exact) mass is 826 g/mol. The predicted octanol–water partition coefficient (Wildman–Crippen LogP) is 9.46. The van der Waals surface area contributed by atoms with Crippen molar-refractivity contribution >= 4 is 75.2 Å². The van der Waals surface area contributed by atoms with E-state index in [9.17, 15) is 24.5 Å². The summed E-state index contributed by atoms with van der Waals surface area (Å²) >= 11 is 0. The normalized spacial score (nSPS) is 14.0. The Labute approximate surface area is 351 Å². The number of rotatable bonds is 12. The molecule has 1 aliphatic rings. The second-order valence-electron chi connectivity index (χ2n) is 15.2. The van der Waals surface area contributed by atoms with Crippen LogP contribution in [0, 0.1) is 10.1 Å². The van der Waals surface area contributed by atoms with Crippen LogP contribution < -0.4 is 26.2 Å². The number of carbonyl (C=O) groups excluding carboxylic acids is 3. The van der Waals surface area contributed by atoms with Gasteiger partial charge in [0.05, 0.1) is 34.6 Å². The van der Waals surface area contributed by atoms with Gasteiger partial charge in [-0.2, -0.15) is 0 Å². The summed E-state index contributed by atoms with van der Waals surface area (Å²) in [5, 5.41) is 22.0. The Bertz CT molecular complexity index is 2620. The Balaban J connectivity index is 0.947. The molecule has 6 aromatic carbocycles. The number of nitro benzene ring substituents is 1. The summed E-state index contributed by atoms with van der Waals surface area (Å²) in [6, 6.07) is 32.5. The van der Waals surface area contributed by atoms with Gasteiger partial charge in [-0.05, 0) is 85.4 Å². The SMILES string of the molecule is COc1cc(B2OC(C)(C)C(C)(C)O2)ccc1COC(=O)Nc1ccc(COC(=O)Nc2ccc(COC(=O)Nc3ccc([N+](=O)[O-])cc3)c3ccccc23)c2ccccc12. The highest BCUT2D eigenvalue weighted by molar-refractivity contribution is 6.62. The summed E-state index contributed by atoms with van der Waals surface area (Å²) in [6.07, 6.45) is -2.09. The van der Waals surface area contributed by atoms with Gasteiger partial charge in [0.15, 0.2) is 0 Å². The van der Waals surface area contributed by atoms with Gasteiger partial charge in [-0.3, -0.25) is 26.1 Å². The maximum atomic E-state index is 13.1. The number of nitro groups is 1. The van der Waals surface area contributed by atoms with E-state index in [1.807, 2.05) is 94.4 Å². The molecule has 0 saturated carbocycles. The lowest BCUT2D eigenvalue weighted by Gasteiger charge is -2.32. The standard InChI is InChI=1S/C45H43BN4O11/c1-44(2)45(3,4)61-46(60-44)31-17-14-30(40(24-31)56-5)27-59-43(53)49-39-23-16-29(35-11-7-9-13-37(35)39)26-58-42(52)48-38-22-15-28(34-10-6-8-12-36(34)38)25-57-41(51)47-32-18-20-33(21-19-32)50(54)55/h6-24H,25-27H2,1-5H3,(H,47,51)(H,48,52)(H,49,53). The molecule has 1 fully saturated rings. The number of carbonyl (C=O) groups is 3. The number of methoxy groups -OCH3 is 1. The van der Waals surface area contributed by atoms with Crippen molar-refractivity contribution in [2.24, 2.45) is 0 Å². The van der Waals surface area contributed by atoms with Crippen molar-refractivity contribution in [2.75, 3.05) is 23.1 Å². The minimum Gasteiger partial charge on any atom is -0.496 e. The molecule has 312 valence electrons. The van der Waals surface area contributed by atoms with Crippen LogP contribution in [0.2, 0.25) is 0 Å². The molecule has 0 unspecified atom stereocenters. The summed E-state index contributed by atoms with van der Waals surface area (Å²) in [7, 11) is 0.980. The number of hydrogen-bond donors (Lipinski definition) is 3. The van der Waals surface area contributed by atoms with Crippen molar-refractivity contribution in [1.29, 1.82) is 0 Å². The van der Waals surface area contributed by atoms with E-state index in [2.05, 4.69) is 16.0 Å². The van der Waals surface area contributed by atoms with E-state index in [-0.39, 0.29) is 25.5 Å². The molecule has 0 spiro atoms. The van der Waals surface area contributed by atoms with Gasteiger partial charge in [0.1, 0.15) is 25.6 Å². The van der Waals surface area contributed by atoms with Crippen molar-refractivity contribution in [2.45, 2.75) is 58.7 Å². The summed E-state index contributed by atoms with van der Waals surface area (Å²) in [5.74, 6) is 0.527. The molecule has 1 saturated heterocycles. The molecule has 7 rings (SSSR count). The van der Waals surface area contributed by atoms with Crippen molar-refractivity contribution in [1.82, 2.24) is 0 Å². The van der Waals surface area contributed by atoms with Crippen LogP contribution >= 0.6 is 0 Å². The third-order valence-electron chi connectivity index (χ3n) is 10.7. The quantitative estimate of drug-likeness (QED) is 0.0462. The zero-order valence-corrected chi connectivity index (χ0v) is 34.1. The minimum absolute atomic E-state index is 0.0489. The first-order valence-electron chi connectivity index (χ1n) is 19.3. The summed E-state index contributed by atoms with van der Waals surface area (Å²) in [4.78, 5) is 49.1. The zero-order chi connectivity index (χ0) is 43.3. The van der Waals surface area contributed by atoms with Gasteiger partial charge in [-0.15, -0.1) is 0 Å². The third kappa shape index (κ3) is 9.51. The molecular formula is C45H43BN4O11. The average molecular weight is 827 g/mol. The van der Waals surface area contributed by atoms with E-state index in [0.717, 1.165) is 21.6 Å². The second-order valence-corrected chi connectivity index (χ2v) is 15.2. The Morgan fingerprint density at radius 3 is 1.52 bits per heavy atom. The van der Waals surface area contributed by atoms with E-state index < -0.39 is 41.5 Å². The van der Waals surface area contributed by atoms with Crippen LogP contribution in [0.25, 0.3) is 21.5 Å². The van der Waals surface area contributed by atoms with Crippen molar-refractivity contribution in [3.8, 4) is 5.75 Å². The number of hydrogen-bond acceptors (Lipinski definition) is 11. The molecule has 1 aliphatic heterocycles. The molecular weight excluding hydrogens is 783 g/mol. The van der Waals surface area contributed by atoms with Crippen LogP contribution in [-0.4, -0.2) is 48.6 Å². The highest BCUT2D eigenvalue weighted by atomic mass is 16.7. The highest BCUT2D eigenvalue weighted by Gasteiger charge is 2.51. The first-order chi connectivity index (χ1) is 29.2. The van der Waals surface area contributed by atoms with Crippen molar-refractivity contribution < 1.29 is 47.6 Å². The number of benzene rings is 6. The zero-order valence-electron chi connectivity index (χ0n) is 34.1. The van der Waals surface area contributed by atoms with Gasteiger partial charge < -0.3 is 28.3 Å². The van der Waals surface area contributed by atoms with Gasteiger partial charge >= 0.3 is 25.4 Å². The lowest BCUT2D eigenvalue weighted by molar-refractivity contribution is -0.384. The fraction of sp³-hybridized carbons (Fsp3) is 0.222. The Morgan fingerprint density at radius 1 is 0.607 bits per heavy atom. The summed E-state index contributed by atoms with van der Waals surface area (Å²) in [6.45, 7) is 7.76. The first kappa shape index (κ1) is 42.0. The molecule has 15 nitrogen and oxygen atoms in total. The van der Waals surface area contributed by atoms with E-state index >= 15 is 0 Å². The van der Waals surface area contributed by atoms with E-state index in [1.54, 1.807) is 31.4 Å². The summed E-state index contributed by atoms with van der Waals surface area (Å²) in [5.41, 5.74) is 3.09. The molecule has 6 aromatic rings. The molecule has 0 atom stereocenters.